The molecule has 1 heterocycles. The molecule has 2 aromatic rings. The van der Waals surface area contributed by atoms with Crippen LogP contribution in [0, 0.1) is 5.82 Å². The van der Waals surface area contributed by atoms with Crippen molar-refractivity contribution in [2.24, 2.45) is 0 Å². The molecule has 0 spiro atoms. The van der Waals surface area contributed by atoms with Crippen molar-refractivity contribution in [3.05, 3.63) is 88.9 Å². The van der Waals surface area contributed by atoms with Gasteiger partial charge in [-0.05, 0) is 66.8 Å². The van der Waals surface area contributed by atoms with Gasteiger partial charge in [0.25, 0.3) is 0 Å². The van der Waals surface area contributed by atoms with Crippen molar-refractivity contribution in [1.82, 2.24) is 4.90 Å². The highest BCUT2D eigenvalue weighted by Crippen LogP contribution is 2.36. The van der Waals surface area contributed by atoms with Crippen LogP contribution in [-0.2, 0) is 6.42 Å². The topological polar surface area (TPSA) is 20.3 Å². The Balaban J connectivity index is 1.65. The summed E-state index contributed by atoms with van der Waals surface area (Å²) in [4.78, 5) is 14.9. The van der Waals surface area contributed by atoms with Crippen LogP contribution in [0.25, 0.3) is 5.57 Å². The lowest BCUT2D eigenvalue weighted by molar-refractivity contribution is 0.104. The Morgan fingerprint density at radius 1 is 0.962 bits per heavy atom. The number of nitrogens with zero attached hydrogens (tertiary/aromatic N) is 1. The molecule has 2 aliphatic rings. The zero-order chi connectivity index (χ0) is 17.9. The highest BCUT2D eigenvalue weighted by molar-refractivity contribution is 6.06. The van der Waals surface area contributed by atoms with E-state index >= 15 is 0 Å². The number of carbonyl (C=O) groups excluding carboxylic acids is 1. The molecule has 2 aromatic carbocycles. The molecule has 1 aliphatic heterocycles. The van der Waals surface area contributed by atoms with E-state index in [1.807, 2.05) is 12.1 Å². The average molecular weight is 347 g/mol. The van der Waals surface area contributed by atoms with E-state index in [2.05, 4.69) is 23.1 Å². The molecule has 1 fully saturated rings. The van der Waals surface area contributed by atoms with E-state index in [9.17, 15) is 9.18 Å². The third-order valence-corrected chi connectivity index (χ3v) is 5.24. The van der Waals surface area contributed by atoms with Gasteiger partial charge >= 0.3 is 0 Å². The van der Waals surface area contributed by atoms with Crippen LogP contribution in [0.4, 0.5) is 4.39 Å². The largest absolute Gasteiger partial charge is 0.374 e. The number of hydrogen-bond donors (Lipinski definition) is 0. The maximum atomic E-state index is 13.1. The lowest BCUT2D eigenvalue weighted by atomic mass is 10.0. The van der Waals surface area contributed by atoms with Gasteiger partial charge in [-0.15, -0.1) is 0 Å². The summed E-state index contributed by atoms with van der Waals surface area (Å²) in [6.07, 6.45) is 8.25. The number of piperidine rings is 1. The van der Waals surface area contributed by atoms with E-state index in [1.54, 1.807) is 6.08 Å². The van der Waals surface area contributed by atoms with Crippen LogP contribution in [0.2, 0.25) is 0 Å². The molecular formula is C23H22FNO. The molecule has 0 amide bonds. The number of likely N-dealkylation sites (tertiary alicyclic amines) is 1. The van der Waals surface area contributed by atoms with E-state index in [1.165, 1.54) is 60.4 Å². The number of benzene rings is 2. The monoisotopic (exact) mass is 347 g/mol. The first-order valence-electron chi connectivity index (χ1n) is 9.27. The Hall–Kier alpha value is -2.68. The van der Waals surface area contributed by atoms with E-state index in [0.717, 1.165) is 25.1 Å². The maximum Gasteiger partial charge on any atom is 0.185 e. The molecule has 4 rings (SSSR count). The molecule has 0 atom stereocenters. The third-order valence-electron chi connectivity index (χ3n) is 5.24. The van der Waals surface area contributed by atoms with Crippen molar-refractivity contribution in [3.63, 3.8) is 0 Å². The highest BCUT2D eigenvalue weighted by Gasteiger charge is 2.24. The molecule has 3 heteroatoms. The lowest BCUT2D eigenvalue weighted by Gasteiger charge is -2.30. The summed E-state index contributed by atoms with van der Waals surface area (Å²) in [5.74, 6) is -0.426. The summed E-state index contributed by atoms with van der Waals surface area (Å²) >= 11 is 0. The van der Waals surface area contributed by atoms with Crippen molar-refractivity contribution in [2.45, 2.75) is 25.7 Å². The minimum Gasteiger partial charge on any atom is -0.374 e. The van der Waals surface area contributed by atoms with Crippen LogP contribution in [0.3, 0.4) is 0 Å². The predicted molar refractivity (Wildman–Crippen MR) is 102 cm³/mol. The Kier molecular flexibility index (Phi) is 4.70. The number of halogens is 1. The van der Waals surface area contributed by atoms with Crippen molar-refractivity contribution >= 4 is 11.4 Å². The van der Waals surface area contributed by atoms with Gasteiger partial charge in [0.1, 0.15) is 5.82 Å². The molecule has 26 heavy (non-hydrogen) atoms. The van der Waals surface area contributed by atoms with E-state index in [-0.39, 0.29) is 11.6 Å². The van der Waals surface area contributed by atoms with Crippen LogP contribution < -0.4 is 0 Å². The second-order valence-corrected chi connectivity index (χ2v) is 6.95. The molecule has 1 aliphatic carbocycles. The quantitative estimate of drug-likeness (QED) is 0.572. The van der Waals surface area contributed by atoms with Crippen LogP contribution in [-0.4, -0.2) is 23.8 Å². The van der Waals surface area contributed by atoms with Gasteiger partial charge in [0.15, 0.2) is 5.78 Å². The third kappa shape index (κ3) is 3.34. The van der Waals surface area contributed by atoms with Crippen LogP contribution in [0.15, 0.2) is 66.4 Å². The van der Waals surface area contributed by atoms with Gasteiger partial charge in [0, 0.05) is 36.3 Å². The van der Waals surface area contributed by atoms with Gasteiger partial charge in [-0.1, -0.05) is 24.3 Å². The molecule has 0 bridgehead atoms. The fourth-order valence-corrected chi connectivity index (χ4v) is 3.87. The Morgan fingerprint density at radius 3 is 2.46 bits per heavy atom. The minimum atomic E-state index is -0.328. The number of carbonyl (C=O) groups is 1. The highest BCUT2D eigenvalue weighted by atomic mass is 19.1. The second kappa shape index (κ2) is 7.28. The van der Waals surface area contributed by atoms with Crippen molar-refractivity contribution in [2.75, 3.05) is 13.1 Å². The molecule has 0 radical (unpaired) electrons. The Morgan fingerprint density at radius 2 is 1.69 bits per heavy atom. The Labute approximate surface area is 153 Å². The first kappa shape index (κ1) is 16.8. The minimum absolute atomic E-state index is 0.0973. The number of allylic oxidation sites excluding steroid dienone is 4. The molecule has 0 N–H and O–H groups in total. The number of fused-ring (bicyclic) bond motifs is 1. The summed E-state index contributed by atoms with van der Waals surface area (Å²) in [6, 6.07) is 14.1. The Bertz CT molecular complexity index is 873. The molecule has 2 nitrogen and oxygen atoms in total. The number of ketones is 1. The van der Waals surface area contributed by atoms with E-state index in [0.29, 0.717) is 5.56 Å². The van der Waals surface area contributed by atoms with Gasteiger partial charge < -0.3 is 4.90 Å². The van der Waals surface area contributed by atoms with Gasteiger partial charge in [0.05, 0.1) is 0 Å². The van der Waals surface area contributed by atoms with E-state index in [4.69, 9.17) is 0 Å². The molecule has 0 unspecified atom stereocenters. The zero-order valence-corrected chi connectivity index (χ0v) is 14.7. The molecule has 0 saturated carbocycles. The fraction of sp³-hybridized carbons (Fsp3) is 0.261. The normalized spacial score (nSPS) is 17.0. The van der Waals surface area contributed by atoms with Crippen LogP contribution >= 0.6 is 0 Å². The van der Waals surface area contributed by atoms with Crippen molar-refractivity contribution in [1.29, 1.82) is 0 Å². The number of hydrogen-bond acceptors (Lipinski definition) is 2. The van der Waals surface area contributed by atoms with Gasteiger partial charge in [0.2, 0.25) is 0 Å². The van der Waals surface area contributed by atoms with Gasteiger partial charge in [-0.25, -0.2) is 4.39 Å². The SMILES string of the molecule is O=C(/C=C/C1=C(N2CCCCC2)Cc2ccccc21)c1ccc(F)cc1. The average Bonchev–Trinajstić information content (AvgIpc) is 3.06. The second-order valence-electron chi connectivity index (χ2n) is 6.95. The van der Waals surface area contributed by atoms with Gasteiger partial charge in [-0.3, -0.25) is 4.79 Å². The van der Waals surface area contributed by atoms with Gasteiger partial charge in [-0.2, -0.15) is 0 Å². The molecule has 1 saturated heterocycles. The summed E-state index contributed by atoms with van der Waals surface area (Å²) < 4.78 is 13.1. The standard InChI is InChI=1S/C23H22FNO/c24-19-10-8-17(9-11-19)23(26)13-12-21-20-7-3-2-6-18(20)16-22(21)25-14-4-1-5-15-25/h2-3,6-13H,1,4-5,14-16H2/b13-12+. The number of rotatable bonds is 4. The summed E-state index contributed by atoms with van der Waals surface area (Å²) in [7, 11) is 0. The maximum absolute atomic E-state index is 13.1. The lowest BCUT2D eigenvalue weighted by Crippen LogP contribution is -2.29. The molecule has 132 valence electrons. The summed E-state index contributed by atoms with van der Waals surface area (Å²) in [6.45, 7) is 2.18. The first-order valence-corrected chi connectivity index (χ1v) is 9.27. The molecule has 0 aromatic heterocycles. The smallest absolute Gasteiger partial charge is 0.185 e. The van der Waals surface area contributed by atoms with Crippen LogP contribution in [0.1, 0.15) is 40.7 Å². The molecular weight excluding hydrogens is 325 g/mol. The van der Waals surface area contributed by atoms with Crippen molar-refractivity contribution < 1.29 is 9.18 Å². The van der Waals surface area contributed by atoms with Crippen LogP contribution in [0.5, 0.6) is 0 Å². The predicted octanol–water partition coefficient (Wildman–Crippen LogP) is 5.02. The zero-order valence-electron chi connectivity index (χ0n) is 14.7. The summed E-state index contributed by atoms with van der Waals surface area (Å²) in [5.41, 5.74) is 5.53. The van der Waals surface area contributed by atoms with E-state index < -0.39 is 0 Å². The fourth-order valence-electron chi connectivity index (χ4n) is 3.87. The van der Waals surface area contributed by atoms with Crippen molar-refractivity contribution in [3.8, 4) is 0 Å². The first-order chi connectivity index (χ1) is 12.7. The summed E-state index contributed by atoms with van der Waals surface area (Å²) in [5, 5.41) is 0.